The molecule has 1 aliphatic rings. The van der Waals surface area contributed by atoms with Gasteiger partial charge in [0.2, 0.25) is 0 Å². The highest BCUT2D eigenvalue weighted by molar-refractivity contribution is 7.90. The average molecular weight is 312 g/mol. The van der Waals surface area contributed by atoms with Gasteiger partial charge in [-0.05, 0) is 38.1 Å². The van der Waals surface area contributed by atoms with Gasteiger partial charge in [-0.1, -0.05) is 0 Å². The summed E-state index contributed by atoms with van der Waals surface area (Å²) in [5, 5.41) is 0. The van der Waals surface area contributed by atoms with Crippen molar-refractivity contribution in [1.29, 1.82) is 0 Å². The first kappa shape index (κ1) is 16.2. The molecule has 7 heteroatoms. The number of rotatable bonds is 6. The van der Waals surface area contributed by atoms with E-state index in [0.29, 0.717) is 10.7 Å². The zero-order valence-electron chi connectivity index (χ0n) is 12.5. The number of piperazine rings is 1. The number of hydrogen-bond donors (Lipinski definition) is 1. The molecular weight excluding hydrogens is 288 g/mol. The van der Waals surface area contributed by atoms with Crippen LogP contribution < -0.4 is 10.6 Å². The van der Waals surface area contributed by atoms with E-state index >= 15 is 0 Å². The third kappa shape index (κ3) is 4.39. The molecule has 118 valence electrons. The maximum Gasteiger partial charge on any atom is 0.179 e. The number of unbranched alkanes of at least 4 members (excludes halogenated alkanes) is 1. The molecule has 0 radical (unpaired) electrons. The van der Waals surface area contributed by atoms with Gasteiger partial charge in [-0.15, -0.1) is 0 Å². The molecule has 6 nitrogen and oxygen atoms in total. The largest absolute Gasteiger partial charge is 0.353 e. The van der Waals surface area contributed by atoms with Crippen molar-refractivity contribution in [3.05, 3.63) is 18.3 Å². The number of anilines is 1. The van der Waals surface area contributed by atoms with Gasteiger partial charge >= 0.3 is 0 Å². The fourth-order valence-electron chi connectivity index (χ4n) is 2.57. The van der Waals surface area contributed by atoms with E-state index in [1.165, 1.54) is 6.26 Å². The predicted molar refractivity (Wildman–Crippen MR) is 84.3 cm³/mol. The third-order valence-electron chi connectivity index (χ3n) is 3.75. The van der Waals surface area contributed by atoms with Crippen LogP contribution in [0, 0.1) is 0 Å². The molecular formula is C14H24N4O2S. The Morgan fingerprint density at radius 3 is 2.57 bits per heavy atom. The van der Waals surface area contributed by atoms with Gasteiger partial charge < -0.3 is 10.6 Å². The maximum atomic E-state index is 11.8. The van der Waals surface area contributed by atoms with Crippen molar-refractivity contribution in [3.63, 3.8) is 0 Å². The normalized spacial score (nSPS) is 17.1. The summed E-state index contributed by atoms with van der Waals surface area (Å²) >= 11 is 0. The summed E-state index contributed by atoms with van der Waals surface area (Å²) < 4.78 is 23.7. The Balaban J connectivity index is 2.00. The lowest BCUT2D eigenvalue weighted by Crippen LogP contribution is -2.47. The summed E-state index contributed by atoms with van der Waals surface area (Å²) in [4.78, 5) is 9.07. The molecule has 0 aliphatic carbocycles. The van der Waals surface area contributed by atoms with Crippen LogP contribution in [0.1, 0.15) is 12.8 Å². The van der Waals surface area contributed by atoms with Gasteiger partial charge in [0, 0.05) is 38.6 Å². The topological polar surface area (TPSA) is 79.5 Å². The fourth-order valence-corrected chi connectivity index (χ4v) is 3.41. The molecule has 0 spiro atoms. The van der Waals surface area contributed by atoms with Gasteiger partial charge in [0.15, 0.2) is 9.84 Å². The number of nitrogens with two attached hydrogens (primary N) is 1. The van der Waals surface area contributed by atoms with Crippen LogP contribution in [0.15, 0.2) is 23.2 Å². The van der Waals surface area contributed by atoms with Crippen LogP contribution in [0.2, 0.25) is 0 Å². The van der Waals surface area contributed by atoms with Gasteiger partial charge in [-0.2, -0.15) is 0 Å². The molecule has 1 saturated heterocycles. The molecule has 0 atom stereocenters. The van der Waals surface area contributed by atoms with E-state index in [1.807, 2.05) is 0 Å². The first-order valence-corrected chi connectivity index (χ1v) is 9.24. The number of aromatic nitrogens is 1. The molecule has 2 N–H and O–H groups in total. The molecule has 0 bridgehead atoms. The van der Waals surface area contributed by atoms with Gasteiger partial charge in [0.05, 0.1) is 0 Å². The summed E-state index contributed by atoms with van der Waals surface area (Å²) in [5.41, 5.74) is 5.51. The van der Waals surface area contributed by atoms with E-state index in [1.54, 1.807) is 18.3 Å². The minimum atomic E-state index is -3.25. The third-order valence-corrected chi connectivity index (χ3v) is 4.87. The van der Waals surface area contributed by atoms with Crippen molar-refractivity contribution in [2.24, 2.45) is 5.73 Å². The van der Waals surface area contributed by atoms with Gasteiger partial charge in [-0.25, -0.2) is 13.4 Å². The lowest BCUT2D eigenvalue weighted by molar-refractivity contribution is 0.252. The first-order valence-electron chi connectivity index (χ1n) is 7.35. The summed E-state index contributed by atoms with van der Waals surface area (Å²) in [7, 11) is -3.25. The van der Waals surface area contributed by atoms with E-state index in [0.717, 1.165) is 52.1 Å². The lowest BCUT2D eigenvalue weighted by Gasteiger charge is -2.36. The summed E-state index contributed by atoms with van der Waals surface area (Å²) in [6.45, 7) is 5.29. The average Bonchev–Trinajstić information content (AvgIpc) is 2.47. The molecule has 21 heavy (non-hydrogen) atoms. The minimum absolute atomic E-state index is 0.321. The number of nitrogens with zero attached hydrogens (tertiary/aromatic N) is 3. The van der Waals surface area contributed by atoms with Gasteiger partial charge in [-0.3, -0.25) is 4.90 Å². The van der Waals surface area contributed by atoms with Gasteiger partial charge in [0.25, 0.3) is 0 Å². The van der Waals surface area contributed by atoms with Crippen molar-refractivity contribution >= 4 is 15.7 Å². The van der Waals surface area contributed by atoms with Crippen LogP contribution in [-0.4, -0.2) is 63.8 Å². The second kappa shape index (κ2) is 7.20. The minimum Gasteiger partial charge on any atom is -0.353 e. The van der Waals surface area contributed by atoms with Crippen molar-refractivity contribution in [3.8, 4) is 0 Å². The zero-order valence-corrected chi connectivity index (χ0v) is 13.3. The Morgan fingerprint density at radius 1 is 1.24 bits per heavy atom. The Kier molecular flexibility index (Phi) is 5.55. The zero-order chi connectivity index (χ0) is 15.3. The smallest absolute Gasteiger partial charge is 0.179 e. The molecule has 2 rings (SSSR count). The number of hydrogen-bond acceptors (Lipinski definition) is 6. The molecule has 2 heterocycles. The van der Waals surface area contributed by atoms with Crippen LogP contribution in [0.25, 0.3) is 0 Å². The van der Waals surface area contributed by atoms with Crippen molar-refractivity contribution in [1.82, 2.24) is 9.88 Å². The van der Waals surface area contributed by atoms with E-state index < -0.39 is 9.84 Å². The molecule has 1 aromatic heterocycles. The highest BCUT2D eigenvalue weighted by Crippen LogP contribution is 2.23. The van der Waals surface area contributed by atoms with Crippen molar-refractivity contribution in [2.45, 2.75) is 17.7 Å². The standard InChI is InChI=1S/C14H24N4O2S/c1-21(19,20)13-5-4-7-16-14(13)18-11-9-17(10-12-18)8-3-2-6-15/h4-5,7H,2-3,6,8-12,15H2,1H3. The molecule has 1 aliphatic heterocycles. The maximum absolute atomic E-state index is 11.8. The summed E-state index contributed by atoms with van der Waals surface area (Å²) in [6, 6.07) is 3.30. The quantitative estimate of drug-likeness (QED) is 0.763. The highest BCUT2D eigenvalue weighted by Gasteiger charge is 2.23. The first-order chi connectivity index (χ1) is 10.0. The summed E-state index contributed by atoms with van der Waals surface area (Å²) in [6.07, 6.45) is 5.06. The molecule has 0 amide bonds. The molecule has 1 fully saturated rings. The molecule has 1 aromatic rings. The highest BCUT2D eigenvalue weighted by atomic mass is 32.2. The Labute approximate surface area is 126 Å². The Bertz CT molecular complexity index is 554. The molecule has 0 unspecified atom stereocenters. The lowest BCUT2D eigenvalue weighted by atomic mass is 10.2. The Morgan fingerprint density at radius 2 is 1.95 bits per heavy atom. The molecule has 0 aromatic carbocycles. The SMILES string of the molecule is CS(=O)(=O)c1cccnc1N1CCN(CCCCN)CC1. The second-order valence-electron chi connectivity index (χ2n) is 5.42. The van der Waals surface area contributed by atoms with E-state index in [-0.39, 0.29) is 0 Å². The van der Waals surface area contributed by atoms with Crippen LogP contribution in [0.3, 0.4) is 0 Å². The Hall–Kier alpha value is -1.18. The van der Waals surface area contributed by atoms with Crippen molar-refractivity contribution in [2.75, 3.05) is 50.4 Å². The van der Waals surface area contributed by atoms with E-state index in [4.69, 9.17) is 5.73 Å². The van der Waals surface area contributed by atoms with Crippen LogP contribution >= 0.6 is 0 Å². The monoisotopic (exact) mass is 312 g/mol. The number of pyridine rings is 1. The summed E-state index contributed by atoms with van der Waals surface area (Å²) in [5.74, 6) is 0.585. The van der Waals surface area contributed by atoms with Crippen LogP contribution in [0.5, 0.6) is 0 Å². The fraction of sp³-hybridized carbons (Fsp3) is 0.643. The van der Waals surface area contributed by atoms with E-state index in [2.05, 4.69) is 14.8 Å². The number of sulfone groups is 1. The van der Waals surface area contributed by atoms with E-state index in [9.17, 15) is 8.42 Å². The van der Waals surface area contributed by atoms with Crippen molar-refractivity contribution < 1.29 is 8.42 Å². The van der Waals surface area contributed by atoms with Crippen LogP contribution in [0.4, 0.5) is 5.82 Å². The predicted octanol–water partition coefficient (Wildman–Crippen LogP) is 0.346. The van der Waals surface area contributed by atoms with Crippen LogP contribution in [-0.2, 0) is 9.84 Å². The molecule has 0 saturated carbocycles. The second-order valence-corrected chi connectivity index (χ2v) is 7.41. The van der Waals surface area contributed by atoms with Gasteiger partial charge in [0.1, 0.15) is 10.7 Å².